The van der Waals surface area contributed by atoms with Crippen molar-refractivity contribution in [3.63, 3.8) is 0 Å². The van der Waals surface area contributed by atoms with Crippen LogP contribution in [0.3, 0.4) is 0 Å². The molecule has 4 fully saturated rings. The van der Waals surface area contributed by atoms with E-state index in [1.54, 1.807) is 22.7 Å². The molecule has 1 N–H and O–H groups in total. The zero-order chi connectivity index (χ0) is 26.2. The number of fused-ring (bicyclic) bond motifs is 1. The van der Waals surface area contributed by atoms with Crippen LogP contribution >= 0.6 is 27.7 Å². The molecule has 2 amide bonds. The largest absolute Gasteiger partial charge is 0.461 e. The molecule has 3 heterocycles. The SMILES string of the molecule is C=CCOC(=O)[C@H]1[C@@H]2SC3(CC2Br)C(C(=O)N(CC=C)C2CCCCC2)N([C@@H](CO)C(C)C)C(=O)[C@H]13. The molecule has 9 heteroatoms. The molecule has 3 aliphatic heterocycles. The number of carbonyl (C=O) groups is 3. The van der Waals surface area contributed by atoms with Gasteiger partial charge in [-0.2, -0.15) is 0 Å². The minimum absolute atomic E-state index is 0.0164. The summed E-state index contributed by atoms with van der Waals surface area (Å²) in [4.78, 5) is 45.6. The molecule has 7 atom stereocenters. The van der Waals surface area contributed by atoms with Crippen LogP contribution in [-0.4, -0.2) is 85.4 Å². The Morgan fingerprint density at radius 1 is 1.28 bits per heavy atom. The molecule has 0 aromatic carbocycles. The first kappa shape index (κ1) is 27.7. The number of esters is 1. The van der Waals surface area contributed by atoms with Gasteiger partial charge < -0.3 is 19.6 Å². The van der Waals surface area contributed by atoms with Crippen LogP contribution in [-0.2, 0) is 19.1 Å². The van der Waals surface area contributed by atoms with E-state index in [0.29, 0.717) is 13.0 Å². The lowest BCUT2D eigenvalue weighted by Crippen LogP contribution is -2.60. The summed E-state index contributed by atoms with van der Waals surface area (Å²) >= 11 is 5.38. The van der Waals surface area contributed by atoms with E-state index in [4.69, 9.17) is 4.74 Å². The van der Waals surface area contributed by atoms with Gasteiger partial charge in [0.25, 0.3) is 0 Å². The van der Waals surface area contributed by atoms with Crippen molar-refractivity contribution in [2.24, 2.45) is 17.8 Å². The molecule has 4 aliphatic rings. The fourth-order valence-corrected chi connectivity index (χ4v) is 10.5. The quantitative estimate of drug-likeness (QED) is 0.241. The fourth-order valence-electron chi connectivity index (χ4n) is 6.94. The molecule has 0 aromatic rings. The van der Waals surface area contributed by atoms with E-state index in [-0.39, 0.29) is 47.1 Å². The third-order valence-electron chi connectivity index (χ3n) is 8.51. The Hall–Kier alpha value is -1.32. The molecular formula is C27H39BrN2O5S. The molecule has 0 radical (unpaired) electrons. The third kappa shape index (κ3) is 4.47. The second-order valence-corrected chi connectivity index (χ2v) is 13.6. The van der Waals surface area contributed by atoms with Gasteiger partial charge in [-0.15, -0.1) is 18.3 Å². The van der Waals surface area contributed by atoms with Crippen molar-refractivity contribution in [3.8, 4) is 0 Å². The lowest BCUT2D eigenvalue weighted by molar-refractivity contribution is -0.153. The number of carbonyl (C=O) groups excluding carboxylic acids is 3. The Morgan fingerprint density at radius 2 is 1.97 bits per heavy atom. The highest BCUT2D eigenvalue weighted by Gasteiger charge is 2.76. The number of hydrogen-bond acceptors (Lipinski definition) is 6. The fraction of sp³-hybridized carbons (Fsp3) is 0.741. The number of rotatable bonds is 10. The molecule has 4 rings (SSSR count). The number of alkyl halides is 1. The van der Waals surface area contributed by atoms with Crippen LogP contribution in [0.1, 0.15) is 52.4 Å². The van der Waals surface area contributed by atoms with Crippen molar-refractivity contribution in [1.82, 2.24) is 9.80 Å². The second kappa shape index (κ2) is 11.2. The number of amides is 2. The number of ether oxygens (including phenoxy) is 1. The number of likely N-dealkylation sites (tertiary alicyclic amines) is 1. The van der Waals surface area contributed by atoms with Gasteiger partial charge in [0.1, 0.15) is 12.6 Å². The van der Waals surface area contributed by atoms with Crippen molar-refractivity contribution in [2.45, 2.75) is 85.3 Å². The monoisotopic (exact) mass is 582 g/mol. The van der Waals surface area contributed by atoms with Gasteiger partial charge >= 0.3 is 5.97 Å². The lowest BCUT2D eigenvalue weighted by atomic mass is 9.71. The van der Waals surface area contributed by atoms with Crippen LogP contribution in [0, 0.1) is 17.8 Å². The highest BCUT2D eigenvalue weighted by atomic mass is 79.9. The molecule has 1 saturated carbocycles. The van der Waals surface area contributed by atoms with Crippen LogP contribution in [0.5, 0.6) is 0 Å². The van der Waals surface area contributed by atoms with Crippen LogP contribution < -0.4 is 0 Å². The second-order valence-electron chi connectivity index (χ2n) is 10.9. The van der Waals surface area contributed by atoms with Crippen molar-refractivity contribution in [2.75, 3.05) is 19.8 Å². The van der Waals surface area contributed by atoms with Gasteiger partial charge in [-0.3, -0.25) is 14.4 Å². The maximum atomic E-state index is 14.6. The van der Waals surface area contributed by atoms with Crippen molar-refractivity contribution in [3.05, 3.63) is 25.3 Å². The van der Waals surface area contributed by atoms with Gasteiger partial charge in [-0.1, -0.05) is 67.8 Å². The zero-order valence-corrected chi connectivity index (χ0v) is 23.7. The Kier molecular flexibility index (Phi) is 8.62. The first-order valence-corrected chi connectivity index (χ1v) is 15.0. The molecule has 3 saturated heterocycles. The Balaban J connectivity index is 1.79. The Morgan fingerprint density at radius 3 is 2.56 bits per heavy atom. The summed E-state index contributed by atoms with van der Waals surface area (Å²) in [7, 11) is 0. The molecule has 1 spiro atoms. The number of thioether (sulfide) groups is 1. The number of aliphatic hydroxyl groups excluding tert-OH is 1. The van der Waals surface area contributed by atoms with E-state index in [9.17, 15) is 19.5 Å². The lowest BCUT2D eigenvalue weighted by Gasteiger charge is -2.43. The predicted octanol–water partition coefficient (Wildman–Crippen LogP) is 3.54. The molecule has 0 aromatic heterocycles. The number of hydrogen-bond donors (Lipinski definition) is 1. The van der Waals surface area contributed by atoms with E-state index in [1.165, 1.54) is 12.5 Å². The predicted molar refractivity (Wildman–Crippen MR) is 145 cm³/mol. The van der Waals surface area contributed by atoms with E-state index in [0.717, 1.165) is 25.7 Å². The van der Waals surface area contributed by atoms with Gasteiger partial charge in [0.15, 0.2) is 0 Å². The first-order chi connectivity index (χ1) is 17.2. The minimum atomic E-state index is -0.749. The van der Waals surface area contributed by atoms with Crippen molar-refractivity contribution >= 4 is 45.5 Å². The van der Waals surface area contributed by atoms with Gasteiger partial charge in [0.05, 0.1) is 29.2 Å². The van der Waals surface area contributed by atoms with Gasteiger partial charge in [0.2, 0.25) is 11.8 Å². The number of aliphatic hydroxyl groups is 1. The number of halogens is 1. The Labute approximate surface area is 227 Å². The maximum Gasteiger partial charge on any atom is 0.311 e. The van der Waals surface area contributed by atoms with Crippen molar-refractivity contribution < 1.29 is 24.2 Å². The minimum Gasteiger partial charge on any atom is -0.461 e. The molecule has 7 nitrogen and oxygen atoms in total. The van der Waals surface area contributed by atoms with Crippen LogP contribution in [0.15, 0.2) is 25.3 Å². The van der Waals surface area contributed by atoms with Gasteiger partial charge in [-0.25, -0.2) is 0 Å². The van der Waals surface area contributed by atoms with E-state index < -0.39 is 34.6 Å². The van der Waals surface area contributed by atoms with Crippen LogP contribution in [0.4, 0.5) is 0 Å². The van der Waals surface area contributed by atoms with Crippen LogP contribution in [0.2, 0.25) is 0 Å². The zero-order valence-electron chi connectivity index (χ0n) is 21.3. The third-order valence-corrected chi connectivity index (χ3v) is 11.7. The summed E-state index contributed by atoms with van der Waals surface area (Å²) in [6, 6.07) is -1.15. The highest BCUT2D eigenvalue weighted by molar-refractivity contribution is 9.09. The van der Waals surface area contributed by atoms with E-state index >= 15 is 0 Å². The van der Waals surface area contributed by atoms with E-state index in [1.807, 2.05) is 18.7 Å². The topological polar surface area (TPSA) is 87.2 Å². The summed E-state index contributed by atoms with van der Waals surface area (Å²) in [6.45, 7) is 11.7. The number of nitrogens with zero attached hydrogens (tertiary/aromatic N) is 2. The van der Waals surface area contributed by atoms with Crippen LogP contribution in [0.25, 0.3) is 0 Å². The van der Waals surface area contributed by atoms with Gasteiger partial charge in [0, 0.05) is 22.7 Å². The normalized spacial score (nSPS) is 34.5. The summed E-state index contributed by atoms with van der Waals surface area (Å²) < 4.78 is 4.71. The van der Waals surface area contributed by atoms with Crippen molar-refractivity contribution in [1.29, 1.82) is 0 Å². The maximum absolute atomic E-state index is 14.6. The summed E-state index contributed by atoms with van der Waals surface area (Å²) in [6.07, 6.45) is 9.10. The smallest absolute Gasteiger partial charge is 0.311 e. The summed E-state index contributed by atoms with van der Waals surface area (Å²) in [5.41, 5.74) is 0. The van der Waals surface area contributed by atoms with Gasteiger partial charge in [-0.05, 0) is 25.2 Å². The molecule has 1 aliphatic carbocycles. The first-order valence-electron chi connectivity index (χ1n) is 13.2. The molecule has 3 unspecified atom stereocenters. The molecule has 2 bridgehead atoms. The summed E-state index contributed by atoms with van der Waals surface area (Å²) in [5.74, 6) is -2.06. The summed E-state index contributed by atoms with van der Waals surface area (Å²) in [5, 5.41) is 10.2. The highest BCUT2D eigenvalue weighted by Crippen LogP contribution is 2.68. The molecule has 36 heavy (non-hydrogen) atoms. The average Bonchev–Trinajstić information content (AvgIpc) is 3.45. The van der Waals surface area contributed by atoms with E-state index in [2.05, 4.69) is 29.1 Å². The average molecular weight is 584 g/mol. The molecular weight excluding hydrogens is 544 g/mol. The molecule has 200 valence electrons. The standard InChI is InChI=1S/C27H39BrN2O5S/c1-5-12-29(17-10-8-7-9-11-17)25(33)23-27-14-18(28)22(36-27)20(26(34)35-13-6-2)21(27)24(32)30(23)19(15-31)16(3)4/h5-6,16-23,31H,1-2,7-15H2,3-4H3/t18?,19-,20+,21-,22+,23?,27?/m0/s1. The Bertz CT molecular complexity index is 893.